The van der Waals surface area contributed by atoms with Crippen molar-refractivity contribution in [3.05, 3.63) is 52.9 Å². The number of hydrogen-bond acceptors (Lipinski definition) is 7. The van der Waals surface area contributed by atoms with Crippen molar-refractivity contribution in [2.24, 2.45) is 0 Å². The number of nitrogens with zero attached hydrogens (tertiary/aromatic N) is 1. The van der Waals surface area contributed by atoms with Crippen molar-refractivity contribution in [3.8, 4) is 21.7 Å². The molecule has 0 fully saturated rings. The van der Waals surface area contributed by atoms with Gasteiger partial charge in [0, 0.05) is 48.6 Å². The summed E-state index contributed by atoms with van der Waals surface area (Å²) >= 11 is 3.33. The second-order valence-corrected chi connectivity index (χ2v) is 11.6. The Bertz CT molecular complexity index is 1440. The number of carbonyl (C=O) groups excluding carboxylic acids is 2. The Balaban J connectivity index is 1.44. The Morgan fingerprint density at radius 1 is 1.05 bits per heavy atom. The molecule has 0 saturated carbocycles. The molecule has 0 radical (unpaired) electrons. The summed E-state index contributed by atoms with van der Waals surface area (Å²) in [5.41, 5.74) is 6.23. The maximum atomic E-state index is 12.7. The fourth-order valence-electron chi connectivity index (χ4n) is 4.48. The Morgan fingerprint density at radius 2 is 1.84 bits per heavy atom. The van der Waals surface area contributed by atoms with Crippen LogP contribution in [-0.4, -0.2) is 35.9 Å². The number of hydrogen-bond donors (Lipinski definition) is 4. The van der Waals surface area contributed by atoms with Crippen molar-refractivity contribution in [3.63, 3.8) is 0 Å². The SMILES string of the molecule is CC(=O)Nc1ccc(-c2ccc3sc(-c4c(NC(=O)CCNC(C)C)sc5c4CCNC5)nc3c2)cc1. The van der Waals surface area contributed by atoms with Gasteiger partial charge in [-0.05, 0) is 53.9 Å². The fraction of sp³-hybridized carbons (Fsp3) is 0.321. The molecule has 0 saturated heterocycles. The highest BCUT2D eigenvalue weighted by atomic mass is 32.1. The zero-order valence-corrected chi connectivity index (χ0v) is 22.9. The second-order valence-electron chi connectivity index (χ2n) is 9.50. The molecular weight excluding hydrogens is 502 g/mol. The number of amides is 2. The number of benzene rings is 2. The summed E-state index contributed by atoms with van der Waals surface area (Å²) in [6, 6.07) is 14.5. The molecule has 0 bridgehead atoms. The molecule has 3 heterocycles. The van der Waals surface area contributed by atoms with Gasteiger partial charge in [-0.15, -0.1) is 22.7 Å². The van der Waals surface area contributed by atoms with E-state index >= 15 is 0 Å². The molecule has 2 aromatic carbocycles. The molecule has 1 aliphatic heterocycles. The monoisotopic (exact) mass is 533 g/mol. The summed E-state index contributed by atoms with van der Waals surface area (Å²) < 4.78 is 1.11. The standard InChI is InChI=1S/C28H31N5O2S2/c1-16(2)30-13-11-25(35)33-28-26(21-10-12-29-15-24(21)37-28)27-32-22-14-19(6-9-23(22)36-27)18-4-7-20(8-5-18)31-17(3)34/h4-9,14,16,29-30H,10-13,15H2,1-3H3,(H,31,34)(H,33,35). The molecule has 4 aromatic rings. The minimum atomic E-state index is -0.0849. The van der Waals surface area contributed by atoms with Crippen molar-refractivity contribution in [2.75, 3.05) is 23.7 Å². The summed E-state index contributed by atoms with van der Waals surface area (Å²) in [4.78, 5) is 30.4. The first-order chi connectivity index (χ1) is 17.9. The summed E-state index contributed by atoms with van der Waals surface area (Å²) in [6.45, 7) is 8.06. The van der Waals surface area contributed by atoms with Gasteiger partial charge in [-0.25, -0.2) is 4.98 Å². The van der Waals surface area contributed by atoms with Crippen LogP contribution in [0.4, 0.5) is 10.7 Å². The van der Waals surface area contributed by atoms with Crippen LogP contribution in [0.2, 0.25) is 0 Å². The van der Waals surface area contributed by atoms with Crippen LogP contribution in [-0.2, 0) is 22.6 Å². The summed E-state index contributed by atoms with van der Waals surface area (Å²) in [5, 5.41) is 14.6. The number of thiophene rings is 1. The average Bonchev–Trinajstić information content (AvgIpc) is 3.43. The first-order valence-electron chi connectivity index (χ1n) is 12.5. The lowest BCUT2D eigenvalue weighted by atomic mass is 10.0. The van der Waals surface area contributed by atoms with Crippen molar-refractivity contribution in [1.82, 2.24) is 15.6 Å². The molecule has 0 aliphatic carbocycles. The van der Waals surface area contributed by atoms with Crippen molar-refractivity contribution < 1.29 is 9.59 Å². The van der Waals surface area contributed by atoms with Crippen LogP contribution in [0.5, 0.6) is 0 Å². The number of aromatic nitrogens is 1. The summed E-state index contributed by atoms with van der Waals surface area (Å²) in [7, 11) is 0. The Kier molecular flexibility index (Phi) is 7.66. The number of thiazole rings is 1. The average molecular weight is 534 g/mol. The molecule has 9 heteroatoms. The van der Waals surface area contributed by atoms with E-state index in [0.717, 1.165) is 62.1 Å². The largest absolute Gasteiger partial charge is 0.326 e. The highest BCUT2D eigenvalue weighted by Crippen LogP contribution is 2.45. The van der Waals surface area contributed by atoms with Crippen molar-refractivity contribution in [2.45, 2.75) is 46.2 Å². The van der Waals surface area contributed by atoms with E-state index in [2.05, 4.69) is 53.3 Å². The van der Waals surface area contributed by atoms with E-state index in [9.17, 15) is 9.59 Å². The highest BCUT2D eigenvalue weighted by Gasteiger charge is 2.25. The van der Waals surface area contributed by atoms with Gasteiger partial charge < -0.3 is 21.3 Å². The van der Waals surface area contributed by atoms with Crippen LogP contribution in [0.3, 0.4) is 0 Å². The van der Waals surface area contributed by atoms with Crippen LogP contribution in [0, 0.1) is 0 Å². The number of rotatable bonds is 8. The van der Waals surface area contributed by atoms with Crippen LogP contribution in [0.15, 0.2) is 42.5 Å². The maximum Gasteiger partial charge on any atom is 0.226 e. The molecule has 192 valence electrons. The van der Waals surface area contributed by atoms with Gasteiger partial charge in [0.05, 0.1) is 10.2 Å². The summed E-state index contributed by atoms with van der Waals surface area (Å²) in [5.74, 6) is -0.0644. The van der Waals surface area contributed by atoms with Gasteiger partial charge in [-0.2, -0.15) is 0 Å². The minimum absolute atomic E-state index is 0.0204. The Hall–Kier alpha value is -3.11. The lowest BCUT2D eigenvalue weighted by Gasteiger charge is -2.13. The number of fused-ring (bicyclic) bond motifs is 2. The van der Waals surface area contributed by atoms with Gasteiger partial charge >= 0.3 is 0 Å². The third-order valence-electron chi connectivity index (χ3n) is 6.23. The molecule has 0 atom stereocenters. The third kappa shape index (κ3) is 5.91. The van der Waals surface area contributed by atoms with E-state index in [0.29, 0.717) is 19.0 Å². The minimum Gasteiger partial charge on any atom is -0.326 e. The maximum absolute atomic E-state index is 12.7. The number of nitrogens with one attached hydrogen (secondary N) is 4. The topological polar surface area (TPSA) is 95.2 Å². The highest BCUT2D eigenvalue weighted by molar-refractivity contribution is 7.23. The van der Waals surface area contributed by atoms with E-state index < -0.39 is 0 Å². The molecule has 0 unspecified atom stereocenters. The molecule has 0 spiro atoms. The third-order valence-corrected chi connectivity index (χ3v) is 8.43. The summed E-state index contributed by atoms with van der Waals surface area (Å²) in [6.07, 6.45) is 1.36. The van der Waals surface area contributed by atoms with Gasteiger partial charge in [0.1, 0.15) is 10.0 Å². The van der Waals surface area contributed by atoms with E-state index in [4.69, 9.17) is 4.98 Å². The van der Waals surface area contributed by atoms with E-state index in [1.165, 1.54) is 17.4 Å². The van der Waals surface area contributed by atoms with Crippen molar-refractivity contribution in [1.29, 1.82) is 0 Å². The lowest BCUT2D eigenvalue weighted by molar-refractivity contribution is -0.116. The van der Waals surface area contributed by atoms with Crippen molar-refractivity contribution >= 4 is 55.4 Å². The molecule has 7 nitrogen and oxygen atoms in total. The molecule has 1 aliphatic rings. The molecule has 4 N–H and O–H groups in total. The normalized spacial score (nSPS) is 13.1. The Labute approximate surface area is 224 Å². The quantitative estimate of drug-likeness (QED) is 0.236. The van der Waals surface area contributed by atoms with E-state index in [-0.39, 0.29) is 11.8 Å². The second kappa shape index (κ2) is 11.1. The van der Waals surface area contributed by atoms with Crippen LogP contribution in [0.1, 0.15) is 37.6 Å². The van der Waals surface area contributed by atoms with E-state index in [1.807, 2.05) is 24.3 Å². The fourth-order valence-corrected chi connectivity index (χ4v) is 6.80. The smallest absolute Gasteiger partial charge is 0.226 e. The lowest BCUT2D eigenvalue weighted by Crippen LogP contribution is -2.27. The van der Waals surface area contributed by atoms with Gasteiger partial charge in [0.25, 0.3) is 0 Å². The zero-order valence-electron chi connectivity index (χ0n) is 21.2. The molecule has 5 rings (SSSR count). The first kappa shape index (κ1) is 25.5. The van der Waals surface area contributed by atoms with Crippen LogP contribution < -0.4 is 21.3 Å². The molecule has 2 amide bonds. The molecule has 37 heavy (non-hydrogen) atoms. The number of anilines is 2. The van der Waals surface area contributed by atoms with Gasteiger partial charge in [-0.1, -0.05) is 32.0 Å². The van der Waals surface area contributed by atoms with E-state index in [1.54, 1.807) is 22.7 Å². The predicted molar refractivity (Wildman–Crippen MR) is 154 cm³/mol. The molecule has 2 aromatic heterocycles. The van der Waals surface area contributed by atoms with Crippen LogP contribution >= 0.6 is 22.7 Å². The van der Waals surface area contributed by atoms with Gasteiger partial charge in [0.2, 0.25) is 11.8 Å². The first-order valence-corrected chi connectivity index (χ1v) is 14.2. The predicted octanol–water partition coefficient (Wildman–Crippen LogP) is 5.62. The zero-order chi connectivity index (χ0) is 25.9. The number of carbonyl (C=O) groups is 2. The van der Waals surface area contributed by atoms with Gasteiger partial charge in [0.15, 0.2) is 0 Å². The molecular formula is C28H31N5O2S2. The Morgan fingerprint density at radius 3 is 2.59 bits per heavy atom. The van der Waals surface area contributed by atoms with Gasteiger partial charge in [-0.3, -0.25) is 9.59 Å². The van der Waals surface area contributed by atoms with Crippen LogP contribution in [0.25, 0.3) is 31.9 Å².